The minimum Gasteiger partial charge on any atom is -0.324 e. The van der Waals surface area contributed by atoms with Gasteiger partial charge in [-0.3, -0.25) is 0 Å². The number of aryl methyl sites for hydroxylation is 1. The first kappa shape index (κ1) is 11.0. The molecule has 1 aliphatic carbocycles. The van der Waals surface area contributed by atoms with Crippen molar-refractivity contribution in [3.63, 3.8) is 0 Å². The average molecular weight is 209 g/mol. The van der Waals surface area contributed by atoms with E-state index in [0.29, 0.717) is 0 Å². The number of nitrogens with zero attached hydrogens (tertiary/aromatic N) is 1. The largest absolute Gasteiger partial charge is 0.324 e. The maximum absolute atomic E-state index is 8.72. The zero-order valence-electron chi connectivity index (χ0n) is 7.86. The lowest BCUT2D eigenvalue weighted by Crippen LogP contribution is -2.17. The molecule has 0 fully saturated rings. The summed E-state index contributed by atoms with van der Waals surface area (Å²) in [6.45, 7) is 0. The van der Waals surface area contributed by atoms with Gasteiger partial charge in [0.15, 0.2) is 0 Å². The highest BCUT2D eigenvalue weighted by atomic mass is 35.5. The van der Waals surface area contributed by atoms with Crippen LogP contribution in [0.3, 0.4) is 0 Å². The van der Waals surface area contributed by atoms with Crippen LogP contribution in [-0.4, -0.2) is 0 Å². The van der Waals surface area contributed by atoms with E-state index in [-0.39, 0.29) is 18.4 Å². The molecule has 0 saturated carbocycles. The van der Waals surface area contributed by atoms with Gasteiger partial charge in [-0.1, -0.05) is 6.07 Å². The highest BCUT2D eigenvalue weighted by molar-refractivity contribution is 5.85. The van der Waals surface area contributed by atoms with E-state index in [1.165, 1.54) is 11.1 Å². The van der Waals surface area contributed by atoms with Crippen LogP contribution in [0.2, 0.25) is 0 Å². The van der Waals surface area contributed by atoms with Crippen LogP contribution < -0.4 is 5.73 Å². The van der Waals surface area contributed by atoms with Crippen LogP contribution in [-0.2, 0) is 6.42 Å². The van der Waals surface area contributed by atoms with Crippen LogP contribution in [0.25, 0.3) is 0 Å². The van der Waals surface area contributed by atoms with E-state index < -0.39 is 0 Å². The minimum absolute atomic E-state index is 0. The molecule has 1 aliphatic rings. The Morgan fingerprint density at radius 1 is 1.43 bits per heavy atom. The molecule has 0 aliphatic heterocycles. The molecule has 2 rings (SSSR count). The predicted octanol–water partition coefficient (Wildman–Crippen LogP) is 2.32. The Morgan fingerprint density at radius 3 is 2.93 bits per heavy atom. The fraction of sp³-hybridized carbons (Fsp3) is 0.364. The van der Waals surface area contributed by atoms with Gasteiger partial charge in [-0.2, -0.15) is 5.26 Å². The number of benzene rings is 1. The Labute approximate surface area is 90.1 Å². The third-order valence-corrected chi connectivity index (χ3v) is 2.63. The Morgan fingerprint density at radius 2 is 2.21 bits per heavy atom. The molecule has 2 nitrogen and oxygen atoms in total. The van der Waals surface area contributed by atoms with Gasteiger partial charge in [0.05, 0.1) is 11.6 Å². The molecule has 0 saturated heterocycles. The SMILES string of the molecule is Cl.N#Cc1ccc2c(c1)CCCC2N. The molecule has 0 spiro atoms. The van der Waals surface area contributed by atoms with Crippen LogP contribution in [0, 0.1) is 11.3 Å². The third-order valence-electron chi connectivity index (χ3n) is 2.63. The summed E-state index contributed by atoms with van der Waals surface area (Å²) in [5.41, 5.74) is 9.19. The van der Waals surface area contributed by atoms with Gasteiger partial charge >= 0.3 is 0 Å². The van der Waals surface area contributed by atoms with Gasteiger partial charge < -0.3 is 5.73 Å². The molecular formula is C11H13ClN2. The van der Waals surface area contributed by atoms with Gasteiger partial charge in [0.2, 0.25) is 0 Å². The Bertz CT molecular complexity index is 368. The number of hydrogen-bond donors (Lipinski definition) is 1. The zero-order valence-corrected chi connectivity index (χ0v) is 8.68. The molecule has 1 aromatic carbocycles. The normalized spacial score (nSPS) is 19.0. The number of nitrogens with two attached hydrogens (primary N) is 1. The number of halogens is 1. The monoisotopic (exact) mass is 208 g/mol. The van der Waals surface area contributed by atoms with Gasteiger partial charge in [0, 0.05) is 6.04 Å². The first-order valence-corrected chi connectivity index (χ1v) is 4.60. The van der Waals surface area contributed by atoms with Gasteiger partial charge in [-0.15, -0.1) is 12.4 Å². The van der Waals surface area contributed by atoms with E-state index in [1.807, 2.05) is 18.2 Å². The second-order valence-corrected chi connectivity index (χ2v) is 3.52. The van der Waals surface area contributed by atoms with Crippen molar-refractivity contribution in [3.8, 4) is 6.07 Å². The fourth-order valence-corrected chi connectivity index (χ4v) is 1.92. The van der Waals surface area contributed by atoms with Crippen LogP contribution in [0.4, 0.5) is 0 Å². The summed E-state index contributed by atoms with van der Waals surface area (Å²) in [4.78, 5) is 0. The van der Waals surface area contributed by atoms with Gasteiger partial charge in [0.1, 0.15) is 0 Å². The lowest BCUT2D eigenvalue weighted by Gasteiger charge is -2.21. The Balaban J connectivity index is 0.000000980. The van der Waals surface area contributed by atoms with Gasteiger partial charge in [0.25, 0.3) is 0 Å². The summed E-state index contributed by atoms with van der Waals surface area (Å²) in [5, 5.41) is 8.72. The fourth-order valence-electron chi connectivity index (χ4n) is 1.92. The van der Waals surface area contributed by atoms with Gasteiger partial charge in [-0.05, 0) is 42.5 Å². The summed E-state index contributed by atoms with van der Waals surface area (Å²) in [6.07, 6.45) is 3.28. The molecule has 0 heterocycles. The standard InChI is InChI=1S/C11H12N2.ClH/c12-7-8-4-5-10-9(6-8)2-1-3-11(10)13;/h4-6,11H,1-3,13H2;1H. The number of rotatable bonds is 0. The van der Waals surface area contributed by atoms with Crippen LogP contribution in [0.5, 0.6) is 0 Å². The molecule has 0 radical (unpaired) electrons. The van der Waals surface area contributed by atoms with Crippen molar-refractivity contribution in [2.45, 2.75) is 25.3 Å². The van der Waals surface area contributed by atoms with Crippen LogP contribution in [0.1, 0.15) is 35.6 Å². The van der Waals surface area contributed by atoms with Crippen molar-refractivity contribution in [1.29, 1.82) is 5.26 Å². The summed E-state index contributed by atoms with van der Waals surface area (Å²) < 4.78 is 0. The molecule has 0 amide bonds. The van der Waals surface area contributed by atoms with E-state index in [4.69, 9.17) is 11.0 Å². The highest BCUT2D eigenvalue weighted by Gasteiger charge is 2.16. The van der Waals surface area contributed by atoms with E-state index in [9.17, 15) is 0 Å². The molecule has 14 heavy (non-hydrogen) atoms. The maximum atomic E-state index is 8.72. The molecule has 0 bridgehead atoms. The lowest BCUT2D eigenvalue weighted by atomic mass is 9.87. The van der Waals surface area contributed by atoms with Crippen molar-refractivity contribution in [2.24, 2.45) is 5.73 Å². The molecule has 74 valence electrons. The topological polar surface area (TPSA) is 49.8 Å². The molecule has 3 heteroatoms. The summed E-state index contributed by atoms with van der Waals surface area (Å²) in [7, 11) is 0. The van der Waals surface area contributed by atoms with Gasteiger partial charge in [-0.25, -0.2) is 0 Å². The zero-order chi connectivity index (χ0) is 9.26. The number of hydrogen-bond acceptors (Lipinski definition) is 2. The van der Waals surface area contributed by atoms with Crippen molar-refractivity contribution >= 4 is 12.4 Å². The van der Waals surface area contributed by atoms with E-state index >= 15 is 0 Å². The molecule has 0 aromatic heterocycles. The number of nitriles is 1. The molecule has 1 aromatic rings. The van der Waals surface area contributed by atoms with Crippen LogP contribution in [0.15, 0.2) is 18.2 Å². The van der Waals surface area contributed by atoms with Crippen molar-refractivity contribution in [2.75, 3.05) is 0 Å². The van der Waals surface area contributed by atoms with Crippen molar-refractivity contribution in [1.82, 2.24) is 0 Å². The van der Waals surface area contributed by atoms with E-state index in [2.05, 4.69) is 6.07 Å². The first-order chi connectivity index (χ1) is 6.31. The molecule has 2 N–H and O–H groups in total. The summed E-state index contributed by atoms with van der Waals surface area (Å²) in [6, 6.07) is 8.14. The van der Waals surface area contributed by atoms with Crippen molar-refractivity contribution in [3.05, 3.63) is 34.9 Å². The first-order valence-electron chi connectivity index (χ1n) is 4.60. The maximum Gasteiger partial charge on any atom is 0.0991 e. The summed E-state index contributed by atoms with van der Waals surface area (Å²) in [5.74, 6) is 0. The Kier molecular flexibility index (Phi) is 3.51. The van der Waals surface area contributed by atoms with Crippen LogP contribution >= 0.6 is 12.4 Å². The predicted molar refractivity (Wildman–Crippen MR) is 58.3 cm³/mol. The smallest absolute Gasteiger partial charge is 0.0991 e. The minimum atomic E-state index is 0. The molecule has 1 atom stereocenters. The van der Waals surface area contributed by atoms with E-state index in [0.717, 1.165) is 24.8 Å². The van der Waals surface area contributed by atoms with E-state index in [1.54, 1.807) is 0 Å². The molecular weight excluding hydrogens is 196 g/mol. The third kappa shape index (κ3) is 1.89. The molecule has 1 unspecified atom stereocenters. The second-order valence-electron chi connectivity index (χ2n) is 3.52. The summed E-state index contributed by atoms with van der Waals surface area (Å²) >= 11 is 0. The highest BCUT2D eigenvalue weighted by Crippen LogP contribution is 2.28. The Hall–Kier alpha value is -1.04. The quantitative estimate of drug-likeness (QED) is 0.712. The van der Waals surface area contributed by atoms with Crippen molar-refractivity contribution < 1.29 is 0 Å². The average Bonchev–Trinajstić information content (AvgIpc) is 2.18. The second kappa shape index (κ2) is 4.45. The lowest BCUT2D eigenvalue weighted by molar-refractivity contribution is 0.570. The number of fused-ring (bicyclic) bond motifs is 1.